The van der Waals surface area contributed by atoms with Gasteiger partial charge in [-0.2, -0.15) is 12.6 Å². The van der Waals surface area contributed by atoms with Crippen LogP contribution in [-0.2, 0) is 10.3 Å². The smallest absolute Gasteiger partial charge is 0.243 e. The van der Waals surface area contributed by atoms with Crippen molar-refractivity contribution < 1.29 is 9.90 Å². The number of aliphatic hydroxyl groups is 1. The van der Waals surface area contributed by atoms with E-state index in [2.05, 4.69) is 12.6 Å². The molecule has 5 heteroatoms. The molecule has 0 radical (unpaired) electrons. The van der Waals surface area contributed by atoms with Crippen molar-refractivity contribution in [1.82, 2.24) is 4.90 Å². The second-order valence-electron chi connectivity index (χ2n) is 6.81. The van der Waals surface area contributed by atoms with Crippen LogP contribution in [0, 0.1) is 0 Å². The Bertz CT molecular complexity index is 807. The number of rotatable bonds is 8. The molecule has 0 aromatic heterocycles. The Morgan fingerprint density at radius 3 is 1.55 bits per heavy atom. The lowest BCUT2D eigenvalue weighted by atomic mass is 9.75. The van der Waals surface area contributed by atoms with E-state index in [0.717, 1.165) is 16.7 Å². The molecule has 4 nitrogen and oxygen atoms in total. The zero-order valence-corrected chi connectivity index (χ0v) is 17.1. The highest BCUT2D eigenvalue weighted by Gasteiger charge is 2.45. The summed E-state index contributed by atoms with van der Waals surface area (Å²) in [6.45, 7) is -0.0509. The van der Waals surface area contributed by atoms with Gasteiger partial charge in [-0.1, -0.05) is 91.0 Å². The molecule has 0 aliphatic heterocycles. The molecule has 0 saturated heterocycles. The van der Waals surface area contributed by atoms with Crippen LogP contribution in [-0.4, -0.2) is 40.9 Å². The van der Waals surface area contributed by atoms with Crippen molar-refractivity contribution in [1.29, 1.82) is 0 Å². The largest absolute Gasteiger partial charge is 0.394 e. The summed E-state index contributed by atoms with van der Waals surface area (Å²) in [6, 6.07) is 28.7. The highest BCUT2D eigenvalue weighted by atomic mass is 32.1. The second-order valence-corrected chi connectivity index (χ2v) is 7.26. The van der Waals surface area contributed by atoms with E-state index in [4.69, 9.17) is 5.73 Å². The van der Waals surface area contributed by atoms with Crippen LogP contribution in [0.2, 0.25) is 0 Å². The number of hydrogen-bond donors (Lipinski definition) is 3. The Morgan fingerprint density at radius 1 is 0.862 bits per heavy atom. The van der Waals surface area contributed by atoms with Gasteiger partial charge in [0.05, 0.1) is 6.61 Å². The molecule has 0 unspecified atom stereocenters. The zero-order valence-electron chi connectivity index (χ0n) is 16.2. The Hall–Kier alpha value is -2.60. The first kappa shape index (κ1) is 21.1. The maximum Gasteiger partial charge on any atom is 0.243 e. The van der Waals surface area contributed by atoms with Crippen molar-refractivity contribution in [2.45, 2.75) is 11.6 Å². The molecule has 0 aliphatic rings. The summed E-state index contributed by atoms with van der Waals surface area (Å²) < 4.78 is 0. The van der Waals surface area contributed by atoms with E-state index in [1.54, 1.807) is 4.90 Å². The molecule has 29 heavy (non-hydrogen) atoms. The van der Waals surface area contributed by atoms with Crippen molar-refractivity contribution in [2.24, 2.45) is 5.73 Å². The van der Waals surface area contributed by atoms with Gasteiger partial charge in [-0.25, -0.2) is 0 Å². The second kappa shape index (κ2) is 9.74. The molecule has 0 spiro atoms. The third-order valence-corrected chi connectivity index (χ3v) is 5.28. The van der Waals surface area contributed by atoms with Crippen LogP contribution in [0.15, 0.2) is 91.0 Å². The fraction of sp³-hybridized carbons (Fsp3) is 0.208. The quantitative estimate of drug-likeness (QED) is 0.398. The van der Waals surface area contributed by atoms with E-state index in [9.17, 15) is 9.90 Å². The number of nitrogens with zero attached hydrogens (tertiary/aromatic N) is 1. The first-order valence-electron chi connectivity index (χ1n) is 9.61. The molecule has 1 amide bonds. The van der Waals surface area contributed by atoms with Crippen LogP contribution in [0.4, 0.5) is 0 Å². The number of benzene rings is 3. The third kappa shape index (κ3) is 4.08. The fourth-order valence-electron chi connectivity index (χ4n) is 3.83. The van der Waals surface area contributed by atoms with Gasteiger partial charge >= 0.3 is 0 Å². The summed E-state index contributed by atoms with van der Waals surface area (Å²) >= 11 is 4.42. The Balaban J connectivity index is 2.39. The molecular weight excluding hydrogens is 380 g/mol. The minimum atomic E-state index is -1.01. The maximum atomic E-state index is 13.4. The van der Waals surface area contributed by atoms with Crippen LogP contribution < -0.4 is 5.73 Å². The average molecular weight is 407 g/mol. The molecule has 150 valence electrons. The summed E-state index contributed by atoms with van der Waals surface area (Å²) in [6.07, 6.45) is 0. The molecule has 0 saturated carbocycles. The van der Waals surface area contributed by atoms with Crippen molar-refractivity contribution in [3.63, 3.8) is 0 Å². The van der Waals surface area contributed by atoms with Gasteiger partial charge in [0.25, 0.3) is 0 Å². The standard InChI is InChI=1S/C24H26N2O2S/c25-22(18-27)23(28)26(16-17-29)24(19-10-4-1-5-11-19,20-12-6-2-7-13-20)21-14-8-3-9-15-21/h1-15,22,27,29H,16-18,25H2/t22-/m0/s1. The normalized spacial score (nSPS) is 12.4. The highest BCUT2D eigenvalue weighted by molar-refractivity contribution is 7.80. The molecule has 3 N–H and O–H groups in total. The molecule has 0 fully saturated rings. The molecule has 0 bridgehead atoms. The molecule has 0 heterocycles. The fourth-order valence-corrected chi connectivity index (χ4v) is 4.03. The van der Waals surface area contributed by atoms with Gasteiger partial charge in [0.2, 0.25) is 5.91 Å². The van der Waals surface area contributed by atoms with Gasteiger partial charge < -0.3 is 15.7 Å². The van der Waals surface area contributed by atoms with Crippen LogP contribution in [0.3, 0.4) is 0 Å². The molecule has 3 rings (SSSR count). The summed E-state index contributed by atoms with van der Waals surface area (Å²) in [7, 11) is 0. The minimum Gasteiger partial charge on any atom is -0.394 e. The van der Waals surface area contributed by atoms with E-state index in [-0.39, 0.29) is 5.91 Å². The van der Waals surface area contributed by atoms with Gasteiger partial charge in [-0.3, -0.25) is 4.79 Å². The lowest BCUT2D eigenvalue weighted by molar-refractivity contribution is -0.137. The van der Waals surface area contributed by atoms with Crippen LogP contribution in [0.5, 0.6) is 0 Å². The molecule has 3 aromatic carbocycles. The lowest BCUT2D eigenvalue weighted by Gasteiger charge is -2.46. The Labute approximate surface area is 177 Å². The number of amides is 1. The highest BCUT2D eigenvalue weighted by Crippen LogP contribution is 2.42. The van der Waals surface area contributed by atoms with Crippen molar-refractivity contribution in [3.05, 3.63) is 108 Å². The number of carbonyl (C=O) groups is 1. The first-order chi connectivity index (χ1) is 14.2. The number of aliphatic hydroxyl groups excluding tert-OH is 1. The number of carbonyl (C=O) groups excluding carboxylic acids is 1. The molecular formula is C24H26N2O2S. The van der Waals surface area contributed by atoms with Gasteiger partial charge in [0.15, 0.2) is 0 Å². The maximum absolute atomic E-state index is 13.4. The van der Waals surface area contributed by atoms with Crippen LogP contribution in [0.25, 0.3) is 0 Å². The van der Waals surface area contributed by atoms with Crippen LogP contribution >= 0.6 is 12.6 Å². The van der Waals surface area contributed by atoms with Gasteiger partial charge in [0, 0.05) is 12.3 Å². The van der Waals surface area contributed by atoms with Gasteiger partial charge in [-0.05, 0) is 16.7 Å². The Morgan fingerprint density at radius 2 is 1.24 bits per heavy atom. The van der Waals surface area contributed by atoms with Crippen LogP contribution in [0.1, 0.15) is 16.7 Å². The molecule has 1 atom stereocenters. The Kier molecular flexibility index (Phi) is 7.09. The number of thiol groups is 1. The van der Waals surface area contributed by atoms with Gasteiger partial charge in [-0.15, -0.1) is 0 Å². The zero-order chi connectivity index (χ0) is 20.7. The first-order valence-corrected chi connectivity index (χ1v) is 10.2. The van der Waals surface area contributed by atoms with Crippen molar-refractivity contribution >= 4 is 18.5 Å². The van der Waals surface area contributed by atoms with Crippen molar-refractivity contribution in [3.8, 4) is 0 Å². The van der Waals surface area contributed by atoms with E-state index in [1.807, 2.05) is 91.0 Å². The molecule has 3 aromatic rings. The van der Waals surface area contributed by atoms with E-state index in [1.165, 1.54) is 0 Å². The van der Waals surface area contributed by atoms with Gasteiger partial charge in [0.1, 0.15) is 11.6 Å². The predicted molar refractivity (Wildman–Crippen MR) is 120 cm³/mol. The lowest BCUT2D eigenvalue weighted by Crippen LogP contribution is -2.57. The SMILES string of the molecule is N[C@@H](CO)C(=O)N(CCS)C(c1ccccc1)(c1ccccc1)c1ccccc1. The summed E-state index contributed by atoms with van der Waals surface area (Å²) in [5.41, 5.74) is 7.93. The molecule has 0 aliphatic carbocycles. The monoisotopic (exact) mass is 406 g/mol. The van der Waals surface area contributed by atoms with E-state index >= 15 is 0 Å². The van der Waals surface area contributed by atoms with E-state index < -0.39 is 18.2 Å². The summed E-state index contributed by atoms with van der Waals surface area (Å²) in [5.74, 6) is 0.135. The van der Waals surface area contributed by atoms with Crippen molar-refractivity contribution in [2.75, 3.05) is 18.9 Å². The number of hydrogen-bond acceptors (Lipinski definition) is 4. The summed E-state index contributed by atoms with van der Waals surface area (Å²) in [4.78, 5) is 15.2. The minimum absolute atomic E-state index is 0.321. The average Bonchev–Trinajstić information content (AvgIpc) is 2.80. The van der Waals surface area contributed by atoms with E-state index in [0.29, 0.717) is 12.3 Å². The number of nitrogens with two attached hydrogens (primary N) is 1. The predicted octanol–water partition coefficient (Wildman–Crippen LogP) is 3.06. The summed E-state index contributed by atoms with van der Waals surface area (Å²) in [5, 5.41) is 9.61. The third-order valence-electron chi connectivity index (χ3n) is 5.08. The topological polar surface area (TPSA) is 66.6 Å².